The molecule has 2 heterocycles. The number of nitrogens with one attached hydrogen (secondary N) is 1. The topological polar surface area (TPSA) is 85.5 Å². The van der Waals surface area contributed by atoms with E-state index in [1.165, 1.54) is 14.2 Å². The molecule has 1 aliphatic rings. The molecule has 0 amide bonds. The zero-order valence-corrected chi connectivity index (χ0v) is 11.5. The Bertz CT molecular complexity index is 487. The van der Waals surface area contributed by atoms with Crippen LogP contribution in [0.15, 0.2) is 6.07 Å². The van der Waals surface area contributed by atoms with Gasteiger partial charge >= 0.3 is 6.18 Å². The number of alkyl halides is 3. The molecular formula is C11H16F3N5O2. The van der Waals surface area contributed by atoms with Gasteiger partial charge in [-0.15, -0.1) is 0 Å². The van der Waals surface area contributed by atoms with Crippen LogP contribution in [0.2, 0.25) is 0 Å². The van der Waals surface area contributed by atoms with Crippen LogP contribution in [0.1, 0.15) is 5.69 Å². The molecule has 1 aromatic heterocycles. The monoisotopic (exact) mass is 307 g/mol. The van der Waals surface area contributed by atoms with Crippen molar-refractivity contribution in [2.75, 3.05) is 37.6 Å². The zero-order valence-electron chi connectivity index (χ0n) is 11.5. The predicted octanol–water partition coefficient (Wildman–Crippen LogP) is 0.631. The van der Waals surface area contributed by atoms with Gasteiger partial charge in [-0.25, -0.2) is 10.8 Å². The highest BCUT2D eigenvalue weighted by atomic mass is 19.4. The third-order valence-electron chi connectivity index (χ3n) is 3.28. The van der Waals surface area contributed by atoms with Crippen LogP contribution in [0.5, 0.6) is 0 Å². The fourth-order valence-electron chi connectivity index (χ4n) is 2.19. The molecule has 3 N–H and O–H groups in total. The van der Waals surface area contributed by atoms with Crippen LogP contribution in [-0.4, -0.2) is 49.5 Å². The molecule has 0 aliphatic carbocycles. The SMILES string of the molecule is COC1CN(c2cc(C(F)(F)F)nc(NN)n2)CC1OC. The maximum atomic E-state index is 12.8. The van der Waals surface area contributed by atoms with Gasteiger partial charge in [0.25, 0.3) is 0 Å². The van der Waals surface area contributed by atoms with Crippen molar-refractivity contribution in [2.45, 2.75) is 18.4 Å². The maximum absolute atomic E-state index is 12.8. The molecule has 0 bridgehead atoms. The number of hydrazine groups is 1. The number of nitrogens with two attached hydrogens (primary N) is 1. The number of hydrogen-bond donors (Lipinski definition) is 2. The van der Waals surface area contributed by atoms with Gasteiger partial charge in [0, 0.05) is 33.4 Å². The standard InChI is InChI=1S/C11H16F3N5O2/c1-20-6-4-19(5-7(6)21-2)9-3-8(11(12,13)14)16-10(17-9)18-15/h3,6-7H,4-5,15H2,1-2H3,(H,16,17,18). The largest absolute Gasteiger partial charge is 0.433 e. The number of nitrogens with zero attached hydrogens (tertiary/aromatic N) is 3. The highest BCUT2D eigenvalue weighted by Gasteiger charge is 2.37. The van der Waals surface area contributed by atoms with Gasteiger partial charge in [-0.2, -0.15) is 18.2 Å². The molecule has 1 aromatic rings. The summed E-state index contributed by atoms with van der Waals surface area (Å²) in [6.45, 7) is 0.737. The molecule has 2 unspecified atom stereocenters. The number of methoxy groups -OCH3 is 2. The fraction of sp³-hybridized carbons (Fsp3) is 0.636. The van der Waals surface area contributed by atoms with Crippen molar-refractivity contribution in [3.8, 4) is 0 Å². The first-order valence-corrected chi connectivity index (χ1v) is 6.12. The van der Waals surface area contributed by atoms with Gasteiger partial charge in [-0.1, -0.05) is 0 Å². The Kier molecular flexibility index (Phi) is 4.49. The molecule has 1 aliphatic heterocycles. The van der Waals surface area contributed by atoms with Crippen molar-refractivity contribution in [3.05, 3.63) is 11.8 Å². The molecule has 1 fully saturated rings. The molecular weight excluding hydrogens is 291 g/mol. The zero-order chi connectivity index (χ0) is 15.6. The number of halogens is 3. The lowest BCUT2D eigenvalue weighted by Gasteiger charge is -2.19. The summed E-state index contributed by atoms with van der Waals surface area (Å²) in [6.07, 6.45) is -5.06. The third-order valence-corrected chi connectivity index (χ3v) is 3.28. The summed E-state index contributed by atoms with van der Waals surface area (Å²) in [5.74, 6) is 4.95. The van der Waals surface area contributed by atoms with Crippen LogP contribution in [0.4, 0.5) is 24.9 Å². The van der Waals surface area contributed by atoms with E-state index in [9.17, 15) is 13.2 Å². The Labute approximate surface area is 119 Å². The third kappa shape index (κ3) is 3.34. The summed E-state index contributed by atoms with van der Waals surface area (Å²) >= 11 is 0. The van der Waals surface area contributed by atoms with Crippen LogP contribution in [0.3, 0.4) is 0 Å². The summed E-state index contributed by atoms with van der Waals surface area (Å²) in [4.78, 5) is 8.90. The second kappa shape index (κ2) is 6.00. The van der Waals surface area contributed by atoms with E-state index in [1.54, 1.807) is 4.90 Å². The molecule has 1 saturated heterocycles. The number of hydrogen-bond acceptors (Lipinski definition) is 7. The van der Waals surface area contributed by atoms with Crippen molar-refractivity contribution >= 4 is 11.8 Å². The van der Waals surface area contributed by atoms with E-state index >= 15 is 0 Å². The van der Waals surface area contributed by atoms with Crippen molar-refractivity contribution in [3.63, 3.8) is 0 Å². The van der Waals surface area contributed by atoms with Crippen LogP contribution in [-0.2, 0) is 15.7 Å². The Morgan fingerprint density at radius 2 is 1.81 bits per heavy atom. The predicted molar refractivity (Wildman–Crippen MR) is 68.7 cm³/mol. The van der Waals surface area contributed by atoms with Gasteiger partial charge < -0.3 is 14.4 Å². The summed E-state index contributed by atoms with van der Waals surface area (Å²) in [5, 5.41) is 0. The smallest absolute Gasteiger partial charge is 0.377 e. The Morgan fingerprint density at radius 1 is 1.24 bits per heavy atom. The Balaban J connectivity index is 2.31. The molecule has 0 radical (unpaired) electrons. The van der Waals surface area contributed by atoms with Crippen molar-refractivity contribution in [1.29, 1.82) is 0 Å². The van der Waals surface area contributed by atoms with Crippen LogP contribution in [0, 0.1) is 0 Å². The highest BCUT2D eigenvalue weighted by Crippen LogP contribution is 2.31. The fourth-order valence-corrected chi connectivity index (χ4v) is 2.19. The van der Waals surface area contributed by atoms with Gasteiger partial charge in [-0.05, 0) is 0 Å². The number of ether oxygens (including phenoxy) is 2. The number of rotatable bonds is 4. The maximum Gasteiger partial charge on any atom is 0.433 e. The van der Waals surface area contributed by atoms with E-state index in [4.69, 9.17) is 15.3 Å². The van der Waals surface area contributed by atoms with E-state index in [-0.39, 0.29) is 24.0 Å². The molecule has 2 atom stereocenters. The molecule has 0 saturated carbocycles. The van der Waals surface area contributed by atoms with Gasteiger partial charge in [0.15, 0.2) is 5.69 Å². The Morgan fingerprint density at radius 3 is 2.24 bits per heavy atom. The van der Waals surface area contributed by atoms with Gasteiger partial charge in [0.2, 0.25) is 5.95 Å². The van der Waals surface area contributed by atoms with Crippen molar-refractivity contribution < 1.29 is 22.6 Å². The summed E-state index contributed by atoms with van der Waals surface area (Å²) < 4.78 is 49.0. The first-order chi connectivity index (χ1) is 9.88. The van der Waals surface area contributed by atoms with Crippen LogP contribution >= 0.6 is 0 Å². The van der Waals surface area contributed by atoms with Crippen LogP contribution in [0.25, 0.3) is 0 Å². The van der Waals surface area contributed by atoms with Crippen molar-refractivity contribution in [2.24, 2.45) is 5.84 Å². The summed E-state index contributed by atoms with van der Waals surface area (Å²) in [7, 11) is 3.04. The first-order valence-electron chi connectivity index (χ1n) is 6.12. The summed E-state index contributed by atoms with van der Waals surface area (Å²) in [6, 6.07) is 0.881. The second-order valence-electron chi connectivity index (χ2n) is 4.53. The molecule has 7 nitrogen and oxygen atoms in total. The van der Waals surface area contributed by atoms with Crippen LogP contribution < -0.4 is 16.2 Å². The molecule has 21 heavy (non-hydrogen) atoms. The lowest BCUT2D eigenvalue weighted by Crippen LogP contribution is -2.27. The second-order valence-corrected chi connectivity index (χ2v) is 4.53. The number of nitrogen functional groups attached to an aromatic ring is 1. The van der Waals surface area contributed by atoms with E-state index in [1.807, 2.05) is 5.43 Å². The minimum atomic E-state index is -4.58. The first kappa shape index (κ1) is 15.7. The minimum Gasteiger partial charge on any atom is -0.377 e. The molecule has 10 heteroatoms. The molecule has 118 valence electrons. The number of aromatic nitrogens is 2. The van der Waals surface area contributed by atoms with Gasteiger partial charge in [-0.3, -0.25) is 5.43 Å². The van der Waals surface area contributed by atoms with E-state index in [2.05, 4.69) is 9.97 Å². The highest BCUT2D eigenvalue weighted by molar-refractivity contribution is 5.46. The Hall–Kier alpha value is -1.65. The minimum absolute atomic E-state index is 0.117. The van der Waals surface area contributed by atoms with Crippen molar-refractivity contribution in [1.82, 2.24) is 9.97 Å². The van der Waals surface area contributed by atoms with E-state index in [0.717, 1.165) is 6.07 Å². The van der Waals surface area contributed by atoms with Gasteiger partial charge in [0.05, 0.1) is 0 Å². The molecule has 0 spiro atoms. The van der Waals surface area contributed by atoms with E-state index < -0.39 is 11.9 Å². The lowest BCUT2D eigenvalue weighted by atomic mass is 10.3. The van der Waals surface area contributed by atoms with Gasteiger partial charge in [0.1, 0.15) is 18.0 Å². The molecule has 2 rings (SSSR count). The average Bonchev–Trinajstić information content (AvgIpc) is 2.89. The quantitative estimate of drug-likeness (QED) is 0.623. The average molecular weight is 307 g/mol. The number of anilines is 2. The van der Waals surface area contributed by atoms with E-state index in [0.29, 0.717) is 13.1 Å². The lowest BCUT2D eigenvalue weighted by molar-refractivity contribution is -0.141. The summed E-state index contributed by atoms with van der Waals surface area (Å²) in [5.41, 5.74) is 0.982. The normalized spacial score (nSPS) is 22.7. The molecule has 0 aromatic carbocycles.